The fraction of sp³-hybridized carbons (Fsp3) is 0.750. The van der Waals surface area contributed by atoms with Crippen molar-refractivity contribution >= 4 is 10.0 Å². The molecule has 0 aliphatic heterocycles. The zero-order valence-corrected chi connectivity index (χ0v) is 13.0. The van der Waals surface area contributed by atoms with E-state index in [2.05, 4.69) is 15.1 Å². The van der Waals surface area contributed by atoms with E-state index in [-0.39, 0.29) is 0 Å². The van der Waals surface area contributed by atoms with Gasteiger partial charge in [0.2, 0.25) is 10.0 Å². The summed E-state index contributed by atoms with van der Waals surface area (Å²) in [7, 11) is -3.45. The van der Waals surface area contributed by atoms with E-state index in [0.29, 0.717) is 29.4 Å². The van der Waals surface area contributed by atoms with Crippen molar-refractivity contribution in [2.75, 3.05) is 19.6 Å². The lowest BCUT2D eigenvalue weighted by atomic mass is 10.4. The maximum absolute atomic E-state index is 12.2. The summed E-state index contributed by atoms with van der Waals surface area (Å²) in [5, 5.41) is 7.51. The number of nitrogens with zero attached hydrogens (tertiary/aromatic N) is 2. The lowest BCUT2D eigenvalue weighted by molar-refractivity contribution is 0.549. The van der Waals surface area contributed by atoms with Gasteiger partial charge in [-0.1, -0.05) is 13.8 Å². The van der Waals surface area contributed by atoms with Crippen molar-refractivity contribution in [3.05, 3.63) is 11.4 Å². The predicted octanol–water partition coefficient (Wildman–Crippen LogP) is 0.798. The van der Waals surface area contributed by atoms with Crippen LogP contribution < -0.4 is 10.0 Å². The smallest absolute Gasteiger partial charge is 0.244 e. The first-order valence-electron chi connectivity index (χ1n) is 6.68. The molecule has 0 fully saturated rings. The van der Waals surface area contributed by atoms with E-state index < -0.39 is 10.0 Å². The SMILES string of the molecule is CCCNS(=O)(=O)c1c(C)nn(CCNCC)c1C. The molecular formula is C12H24N4O2S. The predicted molar refractivity (Wildman–Crippen MR) is 75.7 cm³/mol. The zero-order valence-electron chi connectivity index (χ0n) is 12.2. The van der Waals surface area contributed by atoms with Crippen LogP contribution in [-0.4, -0.2) is 37.8 Å². The number of rotatable bonds is 8. The van der Waals surface area contributed by atoms with Crippen LogP contribution in [0.5, 0.6) is 0 Å². The van der Waals surface area contributed by atoms with Gasteiger partial charge in [0.25, 0.3) is 0 Å². The molecule has 1 heterocycles. The Balaban J connectivity index is 2.96. The highest BCUT2D eigenvalue weighted by atomic mass is 32.2. The molecule has 0 bridgehead atoms. The van der Waals surface area contributed by atoms with Gasteiger partial charge >= 0.3 is 0 Å². The van der Waals surface area contributed by atoms with E-state index in [1.807, 2.05) is 13.8 Å². The molecule has 1 rings (SSSR count). The molecule has 0 unspecified atom stereocenters. The third-order valence-corrected chi connectivity index (χ3v) is 4.59. The Labute approximate surface area is 115 Å². The van der Waals surface area contributed by atoms with Crippen LogP contribution in [0.15, 0.2) is 4.90 Å². The minimum atomic E-state index is -3.45. The quantitative estimate of drug-likeness (QED) is 0.694. The third kappa shape index (κ3) is 4.02. The molecule has 1 aromatic heterocycles. The van der Waals surface area contributed by atoms with Crippen molar-refractivity contribution in [2.24, 2.45) is 0 Å². The number of hydrogen-bond donors (Lipinski definition) is 2. The van der Waals surface area contributed by atoms with E-state index in [4.69, 9.17) is 0 Å². The average molecular weight is 288 g/mol. The van der Waals surface area contributed by atoms with Gasteiger partial charge in [-0.2, -0.15) is 5.10 Å². The van der Waals surface area contributed by atoms with E-state index in [1.165, 1.54) is 0 Å². The van der Waals surface area contributed by atoms with E-state index in [0.717, 1.165) is 19.5 Å². The van der Waals surface area contributed by atoms with Crippen LogP contribution in [0.25, 0.3) is 0 Å². The monoisotopic (exact) mass is 288 g/mol. The Bertz CT molecular complexity index is 508. The highest BCUT2D eigenvalue weighted by Gasteiger charge is 2.23. The molecule has 7 heteroatoms. The normalized spacial score (nSPS) is 12.0. The van der Waals surface area contributed by atoms with E-state index >= 15 is 0 Å². The molecule has 0 saturated heterocycles. The molecule has 110 valence electrons. The van der Waals surface area contributed by atoms with Crippen LogP contribution in [0.1, 0.15) is 31.7 Å². The van der Waals surface area contributed by atoms with E-state index in [9.17, 15) is 8.42 Å². The van der Waals surface area contributed by atoms with Gasteiger partial charge in [0.1, 0.15) is 4.90 Å². The number of nitrogens with one attached hydrogen (secondary N) is 2. The number of aromatic nitrogens is 2. The largest absolute Gasteiger partial charge is 0.315 e. The second-order valence-corrected chi connectivity index (χ2v) is 6.18. The van der Waals surface area contributed by atoms with E-state index in [1.54, 1.807) is 18.5 Å². The number of hydrogen-bond acceptors (Lipinski definition) is 4. The molecule has 0 aliphatic rings. The van der Waals surface area contributed by atoms with Crippen molar-refractivity contribution in [3.8, 4) is 0 Å². The van der Waals surface area contributed by atoms with Crippen molar-refractivity contribution < 1.29 is 8.42 Å². The fourth-order valence-corrected chi connectivity index (χ4v) is 3.50. The standard InChI is InChI=1S/C12H24N4O2S/c1-5-7-14-19(17,18)12-10(3)15-16(11(12)4)9-8-13-6-2/h13-14H,5-9H2,1-4H3. The molecular weight excluding hydrogens is 264 g/mol. The molecule has 19 heavy (non-hydrogen) atoms. The van der Waals surface area contributed by atoms with Crippen molar-refractivity contribution in [1.82, 2.24) is 19.8 Å². The van der Waals surface area contributed by atoms with Gasteiger partial charge in [0, 0.05) is 13.1 Å². The number of aryl methyl sites for hydroxylation is 1. The van der Waals surface area contributed by atoms with Gasteiger partial charge in [-0.3, -0.25) is 4.68 Å². The maximum Gasteiger partial charge on any atom is 0.244 e. The molecule has 2 N–H and O–H groups in total. The molecule has 6 nitrogen and oxygen atoms in total. The van der Waals surface area contributed by atoms with Gasteiger partial charge in [0.15, 0.2) is 0 Å². The molecule has 1 aromatic rings. The average Bonchev–Trinajstić information content (AvgIpc) is 2.63. The minimum absolute atomic E-state index is 0.317. The summed E-state index contributed by atoms with van der Waals surface area (Å²) in [5.41, 5.74) is 1.25. The summed E-state index contributed by atoms with van der Waals surface area (Å²) in [4.78, 5) is 0.317. The van der Waals surface area contributed by atoms with Crippen molar-refractivity contribution in [2.45, 2.75) is 45.6 Å². The van der Waals surface area contributed by atoms with Gasteiger partial charge in [0.05, 0.1) is 17.9 Å². The first-order chi connectivity index (χ1) is 8.94. The van der Waals surface area contributed by atoms with Crippen LogP contribution in [0, 0.1) is 13.8 Å². The number of likely N-dealkylation sites (N-methyl/N-ethyl adjacent to an activating group) is 1. The third-order valence-electron chi connectivity index (χ3n) is 2.88. The van der Waals surface area contributed by atoms with Crippen LogP contribution in [-0.2, 0) is 16.6 Å². The van der Waals surface area contributed by atoms with Crippen molar-refractivity contribution in [3.63, 3.8) is 0 Å². The summed E-state index contributed by atoms with van der Waals surface area (Å²) in [6.45, 7) is 10.3. The molecule has 0 radical (unpaired) electrons. The topological polar surface area (TPSA) is 76.0 Å². The molecule has 0 spiro atoms. The van der Waals surface area contributed by atoms with Crippen LogP contribution in [0.3, 0.4) is 0 Å². The zero-order chi connectivity index (χ0) is 14.5. The van der Waals surface area contributed by atoms with Crippen LogP contribution in [0.4, 0.5) is 0 Å². The Morgan fingerprint density at radius 3 is 2.47 bits per heavy atom. The molecule has 0 aliphatic carbocycles. The fourth-order valence-electron chi connectivity index (χ4n) is 1.96. The van der Waals surface area contributed by atoms with Crippen molar-refractivity contribution in [1.29, 1.82) is 0 Å². The lowest BCUT2D eigenvalue weighted by Gasteiger charge is -2.07. The second-order valence-electron chi connectivity index (χ2n) is 4.47. The highest BCUT2D eigenvalue weighted by Crippen LogP contribution is 2.18. The first kappa shape index (κ1) is 16.1. The lowest BCUT2D eigenvalue weighted by Crippen LogP contribution is -2.25. The molecule has 0 saturated carbocycles. The molecule has 0 aromatic carbocycles. The summed E-state index contributed by atoms with van der Waals surface area (Å²) < 4.78 is 28.7. The maximum atomic E-state index is 12.2. The Hall–Kier alpha value is -0.920. The van der Waals surface area contributed by atoms with Gasteiger partial charge in [-0.05, 0) is 26.8 Å². The van der Waals surface area contributed by atoms with Gasteiger partial charge < -0.3 is 5.32 Å². The Morgan fingerprint density at radius 1 is 1.21 bits per heavy atom. The van der Waals surface area contributed by atoms with Gasteiger partial charge in [-0.15, -0.1) is 0 Å². The Morgan fingerprint density at radius 2 is 1.89 bits per heavy atom. The summed E-state index contributed by atoms with van der Waals surface area (Å²) in [5.74, 6) is 0. The van der Waals surface area contributed by atoms with Crippen LogP contribution in [0.2, 0.25) is 0 Å². The molecule has 0 atom stereocenters. The first-order valence-corrected chi connectivity index (χ1v) is 8.16. The van der Waals surface area contributed by atoms with Crippen LogP contribution >= 0.6 is 0 Å². The Kier molecular flexibility index (Phi) is 5.96. The van der Waals surface area contributed by atoms with Gasteiger partial charge in [-0.25, -0.2) is 13.1 Å². The highest BCUT2D eigenvalue weighted by molar-refractivity contribution is 7.89. The summed E-state index contributed by atoms with van der Waals surface area (Å²) in [6, 6.07) is 0. The minimum Gasteiger partial charge on any atom is -0.315 e. The molecule has 0 amide bonds. The second kappa shape index (κ2) is 7.02. The summed E-state index contributed by atoms with van der Waals surface area (Å²) in [6.07, 6.45) is 0.770. The number of sulfonamides is 1. The summed E-state index contributed by atoms with van der Waals surface area (Å²) >= 11 is 0.